The number of carbonyl (C=O) groups excluding carboxylic acids is 3. The predicted octanol–water partition coefficient (Wildman–Crippen LogP) is 19.5. The maximum Gasteiger partial charge on any atom is 0.306 e. The van der Waals surface area contributed by atoms with Crippen LogP contribution in [0.15, 0.2) is 109 Å². The number of hydrogen-bond donors (Lipinski definition) is 0. The maximum absolute atomic E-state index is 12.9. The molecule has 0 saturated carbocycles. The smallest absolute Gasteiger partial charge is 0.306 e. The summed E-state index contributed by atoms with van der Waals surface area (Å²) in [4.78, 5) is 38.2. The van der Waals surface area contributed by atoms with Crippen LogP contribution in [0.5, 0.6) is 0 Å². The summed E-state index contributed by atoms with van der Waals surface area (Å²) in [7, 11) is 0. The lowest BCUT2D eigenvalue weighted by atomic mass is 10.1. The second-order valence-electron chi connectivity index (χ2n) is 18.8. The molecule has 6 heteroatoms. The van der Waals surface area contributed by atoms with Crippen LogP contribution in [0, 0.1) is 0 Å². The number of unbranched alkanes of at least 4 members (excludes halogenated alkanes) is 22. The van der Waals surface area contributed by atoms with Gasteiger partial charge in [-0.15, -0.1) is 0 Å². The Morgan fingerprint density at radius 3 is 0.900 bits per heavy atom. The minimum atomic E-state index is -0.805. The van der Waals surface area contributed by atoms with Crippen LogP contribution >= 0.6 is 0 Å². The summed E-state index contributed by atoms with van der Waals surface area (Å²) in [5.74, 6) is -0.950. The fraction of sp³-hybridized carbons (Fsp3) is 0.672. The summed E-state index contributed by atoms with van der Waals surface area (Å²) in [6.45, 7) is 6.44. The van der Waals surface area contributed by atoms with E-state index in [9.17, 15) is 14.4 Å². The molecule has 398 valence electrons. The van der Waals surface area contributed by atoms with Crippen molar-refractivity contribution in [3.63, 3.8) is 0 Å². The second kappa shape index (κ2) is 57.6. The minimum absolute atomic E-state index is 0.101. The van der Waals surface area contributed by atoms with E-state index in [0.29, 0.717) is 19.3 Å². The van der Waals surface area contributed by atoms with Crippen LogP contribution in [0.1, 0.15) is 258 Å². The van der Waals surface area contributed by atoms with Crippen molar-refractivity contribution < 1.29 is 28.6 Å². The lowest BCUT2D eigenvalue weighted by molar-refractivity contribution is -0.167. The normalized spacial score (nSPS) is 12.9. The highest BCUT2D eigenvalue weighted by Crippen LogP contribution is 2.13. The molecule has 1 atom stereocenters. The van der Waals surface area contributed by atoms with Crippen LogP contribution in [0.2, 0.25) is 0 Å². The topological polar surface area (TPSA) is 78.9 Å². The third kappa shape index (κ3) is 55.0. The average molecular weight is 972 g/mol. The van der Waals surface area contributed by atoms with Crippen molar-refractivity contribution in [2.24, 2.45) is 0 Å². The molecule has 0 aromatic rings. The zero-order chi connectivity index (χ0) is 50.7. The average Bonchev–Trinajstić information content (AvgIpc) is 3.36. The van der Waals surface area contributed by atoms with Crippen molar-refractivity contribution in [2.45, 2.75) is 264 Å². The van der Waals surface area contributed by atoms with E-state index in [1.165, 1.54) is 70.6 Å². The predicted molar refractivity (Wildman–Crippen MR) is 302 cm³/mol. The molecule has 0 aliphatic carbocycles. The molecule has 0 fully saturated rings. The van der Waals surface area contributed by atoms with Crippen molar-refractivity contribution >= 4 is 17.9 Å². The van der Waals surface area contributed by atoms with Crippen LogP contribution in [0.4, 0.5) is 0 Å². The molecule has 0 saturated heterocycles. The van der Waals surface area contributed by atoms with Gasteiger partial charge in [0, 0.05) is 19.3 Å². The van der Waals surface area contributed by atoms with Gasteiger partial charge in [0.15, 0.2) is 6.10 Å². The number of rotatable bonds is 51. The van der Waals surface area contributed by atoms with Gasteiger partial charge >= 0.3 is 17.9 Å². The molecule has 0 aromatic carbocycles. The Morgan fingerprint density at radius 1 is 0.300 bits per heavy atom. The molecule has 0 N–H and O–H groups in total. The minimum Gasteiger partial charge on any atom is -0.462 e. The number of ether oxygens (including phenoxy) is 3. The van der Waals surface area contributed by atoms with Gasteiger partial charge in [0.2, 0.25) is 0 Å². The molecule has 70 heavy (non-hydrogen) atoms. The van der Waals surface area contributed by atoms with E-state index in [0.717, 1.165) is 148 Å². The van der Waals surface area contributed by atoms with E-state index in [1.807, 2.05) is 0 Å². The first-order valence-electron chi connectivity index (χ1n) is 28.9. The Hall–Kier alpha value is -3.93. The third-order valence-corrected chi connectivity index (χ3v) is 12.0. The standard InChI is InChI=1S/C64H106O6/c1-4-7-10-13-16-19-22-25-28-31-32-34-36-39-42-45-48-51-54-57-63(66)69-60-61(59-68-62(65)56-53-50-47-44-41-38-35-30-27-24-21-18-15-12-9-6-3)70-64(67)58-55-52-49-46-43-40-37-33-29-26-23-20-17-14-11-8-5-2/h8,11,16-17,19-21,24-26,28-30,32,34-35,37,40,61H,4-7,9-10,12-15,18,22-23,27,31,33,36,38-39,41-60H2,1-3H3/b11-8-,19-16-,20-17-,24-21-,28-25-,29-26-,34-32-,35-30-,40-37-. The van der Waals surface area contributed by atoms with Gasteiger partial charge in [-0.05, 0) is 128 Å². The Labute approximate surface area is 431 Å². The first-order chi connectivity index (χ1) is 34.5. The Bertz CT molecular complexity index is 1440. The Balaban J connectivity index is 4.49. The van der Waals surface area contributed by atoms with Gasteiger partial charge < -0.3 is 14.2 Å². The van der Waals surface area contributed by atoms with E-state index >= 15 is 0 Å². The highest BCUT2D eigenvalue weighted by atomic mass is 16.6. The molecule has 0 bridgehead atoms. The van der Waals surface area contributed by atoms with Crippen LogP contribution in [0.3, 0.4) is 0 Å². The summed E-state index contributed by atoms with van der Waals surface area (Å²) >= 11 is 0. The monoisotopic (exact) mass is 971 g/mol. The zero-order valence-electron chi connectivity index (χ0n) is 45.5. The van der Waals surface area contributed by atoms with Gasteiger partial charge in [-0.2, -0.15) is 0 Å². The van der Waals surface area contributed by atoms with Crippen molar-refractivity contribution in [1.29, 1.82) is 0 Å². The molecule has 0 amide bonds. The summed E-state index contributed by atoms with van der Waals surface area (Å²) in [5, 5.41) is 0. The van der Waals surface area contributed by atoms with Crippen molar-refractivity contribution in [2.75, 3.05) is 13.2 Å². The van der Waals surface area contributed by atoms with Gasteiger partial charge in [0.1, 0.15) is 13.2 Å². The van der Waals surface area contributed by atoms with Crippen LogP contribution in [-0.2, 0) is 28.6 Å². The first-order valence-corrected chi connectivity index (χ1v) is 28.9. The fourth-order valence-corrected chi connectivity index (χ4v) is 7.65. The molecule has 1 unspecified atom stereocenters. The summed E-state index contributed by atoms with van der Waals surface area (Å²) in [6.07, 6.45) is 77.8. The highest BCUT2D eigenvalue weighted by Gasteiger charge is 2.19. The second-order valence-corrected chi connectivity index (χ2v) is 18.8. The maximum atomic E-state index is 12.9. The van der Waals surface area contributed by atoms with Crippen molar-refractivity contribution in [3.05, 3.63) is 109 Å². The third-order valence-electron chi connectivity index (χ3n) is 12.0. The summed E-state index contributed by atoms with van der Waals surface area (Å²) in [6, 6.07) is 0. The molecule has 0 heterocycles. The van der Waals surface area contributed by atoms with E-state index in [4.69, 9.17) is 14.2 Å². The van der Waals surface area contributed by atoms with Crippen LogP contribution in [0.25, 0.3) is 0 Å². The fourth-order valence-electron chi connectivity index (χ4n) is 7.65. The SMILES string of the molecule is CC/C=C\C/C=C\C/C=C\C/C=C\CCCCCCC(=O)OC(COC(=O)CCCCCCC/C=C\C/C=C\CCCCCC)COC(=O)CCCCCCCC/C=C\C/C=C\C/C=C\CCCCC. The van der Waals surface area contributed by atoms with E-state index in [1.54, 1.807) is 0 Å². The Kier molecular flexibility index (Phi) is 54.4. The van der Waals surface area contributed by atoms with E-state index < -0.39 is 6.10 Å². The number of esters is 3. The quantitative estimate of drug-likeness (QED) is 0.0262. The number of carbonyl (C=O) groups is 3. The largest absolute Gasteiger partial charge is 0.462 e. The van der Waals surface area contributed by atoms with Crippen molar-refractivity contribution in [3.8, 4) is 0 Å². The van der Waals surface area contributed by atoms with Gasteiger partial charge in [0.05, 0.1) is 0 Å². The van der Waals surface area contributed by atoms with Crippen LogP contribution in [-0.4, -0.2) is 37.2 Å². The Morgan fingerprint density at radius 2 is 0.557 bits per heavy atom. The number of allylic oxidation sites excluding steroid dienone is 18. The lowest BCUT2D eigenvalue weighted by Gasteiger charge is -2.18. The van der Waals surface area contributed by atoms with Gasteiger partial charge in [0.25, 0.3) is 0 Å². The highest BCUT2D eigenvalue weighted by molar-refractivity contribution is 5.71. The molecular formula is C64H106O6. The molecule has 6 nitrogen and oxygen atoms in total. The number of hydrogen-bond acceptors (Lipinski definition) is 6. The molecule has 0 aliphatic rings. The van der Waals surface area contributed by atoms with Gasteiger partial charge in [-0.25, -0.2) is 0 Å². The van der Waals surface area contributed by atoms with Gasteiger partial charge in [-0.1, -0.05) is 220 Å². The van der Waals surface area contributed by atoms with Crippen molar-refractivity contribution in [1.82, 2.24) is 0 Å². The lowest BCUT2D eigenvalue weighted by Crippen LogP contribution is -2.30. The molecule has 0 radical (unpaired) electrons. The molecule has 0 aliphatic heterocycles. The molecule has 0 spiro atoms. The summed E-state index contributed by atoms with van der Waals surface area (Å²) < 4.78 is 16.8. The van der Waals surface area contributed by atoms with E-state index in [-0.39, 0.29) is 31.1 Å². The zero-order valence-corrected chi connectivity index (χ0v) is 45.5. The molecule has 0 rings (SSSR count). The summed E-state index contributed by atoms with van der Waals surface area (Å²) in [5.41, 5.74) is 0. The van der Waals surface area contributed by atoms with Crippen LogP contribution < -0.4 is 0 Å². The molecule has 0 aromatic heterocycles. The molecular weight excluding hydrogens is 865 g/mol. The van der Waals surface area contributed by atoms with Gasteiger partial charge in [-0.3, -0.25) is 14.4 Å². The van der Waals surface area contributed by atoms with E-state index in [2.05, 4.69) is 130 Å². The first kappa shape index (κ1) is 66.1.